The van der Waals surface area contributed by atoms with Gasteiger partial charge in [-0.05, 0) is 0 Å². The third-order valence-corrected chi connectivity index (χ3v) is 2.04. The van der Waals surface area contributed by atoms with Crippen LogP contribution in [0.25, 0.3) is 0 Å². The van der Waals surface area contributed by atoms with Gasteiger partial charge in [0.25, 0.3) is 0 Å². The molecular weight excluding hydrogens is 189 g/mol. The molecule has 0 aromatic heterocycles. The number of hydrogen-bond donors (Lipinski definition) is 2. The van der Waals surface area contributed by atoms with E-state index >= 15 is 0 Å². The van der Waals surface area contributed by atoms with Crippen molar-refractivity contribution < 1.29 is 14.5 Å². The second kappa shape index (κ2) is 8.06. The van der Waals surface area contributed by atoms with Crippen molar-refractivity contribution >= 4 is 13.9 Å². The Bertz CT molecular complexity index is 247. The number of hydrogen-bond acceptors (Lipinski definition) is 3. The molecule has 4 nitrogen and oxygen atoms in total. The van der Waals surface area contributed by atoms with Crippen LogP contribution in [0, 0.1) is 5.63 Å². The molecule has 0 aliphatic rings. The summed E-state index contributed by atoms with van der Waals surface area (Å²) in [5, 5.41) is 8.44. The summed E-state index contributed by atoms with van der Waals surface area (Å²) in [4.78, 5) is 10.3. The Balaban J connectivity index is 3.28. The molecule has 0 radical (unpaired) electrons. The molecule has 13 heavy (non-hydrogen) atoms. The van der Waals surface area contributed by atoms with Gasteiger partial charge in [-0.15, -0.1) is 0 Å². The van der Waals surface area contributed by atoms with Gasteiger partial charge in [-0.2, -0.15) is 0 Å². The van der Waals surface area contributed by atoms with Crippen molar-refractivity contribution in [3.63, 3.8) is 0 Å². The molecule has 0 spiro atoms. The molecule has 0 saturated carbocycles. The van der Waals surface area contributed by atoms with Crippen molar-refractivity contribution in [3.05, 3.63) is 0 Å². The Morgan fingerprint density at radius 1 is 1.46 bits per heavy atom. The summed E-state index contributed by atoms with van der Waals surface area (Å²) in [7, 11) is -0.0529. The van der Waals surface area contributed by atoms with Crippen LogP contribution in [0.1, 0.15) is 32.1 Å². The molecule has 0 heterocycles. The van der Waals surface area contributed by atoms with E-state index in [0.29, 0.717) is 12.8 Å². The standard InChI is InChI=1S/C8H14NO3P/c9-7(8(10)11)5-3-1-2-4-6-13-12/h7H,1-5,9H2,(H,10,11). The summed E-state index contributed by atoms with van der Waals surface area (Å²) in [6.07, 6.45) is 3.79. The van der Waals surface area contributed by atoms with E-state index in [2.05, 4.69) is 5.63 Å². The number of aliphatic carboxylic acids is 1. The van der Waals surface area contributed by atoms with Gasteiger partial charge >= 0.3 is 77.9 Å². The van der Waals surface area contributed by atoms with E-state index in [4.69, 9.17) is 10.8 Å². The van der Waals surface area contributed by atoms with Crippen LogP contribution in [-0.2, 0) is 9.36 Å². The zero-order chi connectivity index (χ0) is 10.1. The molecule has 0 saturated heterocycles. The van der Waals surface area contributed by atoms with E-state index in [-0.39, 0.29) is 7.92 Å². The molecule has 0 aromatic carbocycles. The number of rotatable bonds is 6. The average Bonchev–Trinajstić information content (AvgIpc) is 2.10. The van der Waals surface area contributed by atoms with Gasteiger partial charge in [0.1, 0.15) is 0 Å². The quantitative estimate of drug-likeness (QED) is 0.507. The summed E-state index contributed by atoms with van der Waals surface area (Å²) >= 11 is 0. The summed E-state index contributed by atoms with van der Waals surface area (Å²) in [6, 6.07) is -0.745. The van der Waals surface area contributed by atoms with Crippen molar-refractivity contribution in [2.75, 3.05) is 0 Å². The Hall–Kier alpha value is -0.560. The molecule has 0 fully saturated rings. The van der Waals surface area contributed by atoms with Crippen molar-refractivity contribution in [3.8, 4) is 5.63 Å². The van der Waals surface area contributed by atoms with Crippen LogP contribution in [0.2, 0.25) is 0 Å². The molecule has 0 bridgehead atoms. The minimum absolute atomic E-state index is 0.0529. The van der Waals surface area contributed by atoms with E-state index in [0.717, 1.165) is 19.3 Å². The van der Waals surface area contributed by atoms with E-state index in [9.17, 15) is 9.36 Å². The van der Waals surface area contributed by atoms with Gasteiger partial charge in [0.15, 0.2) is 0 Å². The predicted molar refractivity (Wildman–Crippen MR) is 50.2 cm³/mol. The van der Waals surface area contributed by atoms with Crippen LogP contribution in [0.3, 0.4) is 0 Å². The van der Waals surface area contributed by atoms with Crippen molar-refractivity contribution in [1.29, 1.82) is 0 Å². The van der Waals surface area contributed by atoms with Gasteiger partial charge in [0, 0.05) is 0 Å². The van der Waals surface area contributed by atoms with Gasteiger partial charge < -0.3 is 0 Å². The number of carboxylic acid groups (broad SMARTS) is 1. The van der Waals surface area contributed by atoms with Crippen molar-refractivity contribution in [1.82, 2.24) is 0 Å². The number of nitrogens with two attached hydrogens (primary N) is 1. The first-order valence-electron chi connectivity index (χ1n) is 4.22. The van der Waals surface area contributed by atoms with Gasteiger partial charge in [-0.1, -0.05) is 0 Å². The third-order valence-electron chi connectivity index (χ3n) is 1.69. The van der Waals surface area contributed by atoms with Gasteiger partial charge in [0.2, 0.25) is 0 Å². The fourth-order valence-electron chi connectivity index (χ4n) is 0.914. The molecule has 3 N–H and O–H groups in total. The van der Waals surface area contributed by atoms with E-state index in [1.807, 2.05) is 0 Å². The number of carbonyl (C=O) groups is 1. The van der Waals surface area contributed by atoms with Crippen LogP contribution >= 0.6 is 7.92 Å². The van der Waals surface area contributed by atoms with E-state index in [1.54, 1.807) is 0 Å². The molecule has 5 heteroatoms. The minimum atomic E-state index is -0.948. The fourth-order valence-corrected chi connectivity index (χ4v) is 1.16. The molecule has 0 amide bonds. The molecule has 0 aliphatic heterocycles. The summed E-state index contributed by atoms with van der Waals surface area (Å²) in [5.74, 6) is -0.948. The molecule has 1 unspecified atom stereocenters. The maximum absolute atomic E-state index is 10.3. The van der Waals surface area contributed by atoms with Crippen molar-refractivity contribution in [2.45, 2.75) is 38.1 Å². The Kier molecular flexibility index (Phi) is 7.71. The summed E-state index contributed by atoms with van der Waals surface area (Å²) in [5.41, 5.74) is 7.92. The van der Waals surface area contributed by atoms with E-state index < -0.39 is 12.0 Å². The SMILES string of the molecule is NC(CCCCCC#P=O)C(=O)O. The molecule has 0 aromatic rings. The second-order valence-electron chi connectivity index (χ2n) is 2.79. The Morgan fingerprint density at radius 2 is 2.15 bits per heavy atom. The van der Waals surface area contributed by atoms with Crippen molar-refractivity contribution in [2.24, 2.45) is 5.73 Å². The Morgan fingerprint density at radius 3 is 2.69 bits per heavy atom. The maximum atomic E-state index is 10.3. The predicted octanol–water partition coefficient (Wildman–Crippen LogP) is 1.60. The van der Waals surface area contributed by atoms with Gasteiger partial charge in [0.05, 0.1) is 0 Å². The zero-order valence-electron chi connectivity index (χ0n) is 7.40. The van der Waals surface area contributed by atoms with Gasteiger partial charge in [-0.3, -0.25) is 0 Å². The third kappa shape index (κ3) is 7.79. The summed E-state index contributed by atoms with van der Waals surface area (Å²) in [6.45, 7) is 0. The van der Waals surface area contributed by atoms with Crippen LogP contribution in [0.4, 0.5) is 0 Å². The van der Waals surface area contributed by atoms with Crippen LogP contribution in [0.5, 0.6) is 0 Å². The van der Waals surface area contributed by atoms with Crippen LogP contribution in [0.15, 0.2) is 0 Å². The van der Waals surface area contributed by atoms with E-state index in [1.165, 1.54) is 0 Å². The molecule has 0 aliphatic carbocycles. The number of unbranched alkanes of at least 4 members (excludes halogenated alkanes) is 3. The molecule has 74 valence electrons. The van der Waals surface area contributed by atoms with Gasteiger partial charge in [-0.25, -0.2) is 0 Å². The first kappa shape index (κ1) is 12.4. The fraction of sp³-hybridized carbons (Fsp3) is 0.750. The van der Waals surface area contributed by atoms with Crippen LogP contribution in [-0.4, -0.2) is 17.1 Å². The second-order valence-corrected chi connectivity index (χ2v) is 3.29. The first-order chi connectivity index (χ1) is 6.18. The zero-order valence-corrected chi connectivity index (χ0v) is 8.30. The first-order valence-corrected chi connectivity index (χ1v) is 5.03. The average molecular weight is 203 g/mol. The monoisotopic (exact) mass is 203 g/mol. The van der Waals surface area contributed by atoms with Crippen LogP contribution < -0.4 is 5.73 Å². The number of carboxylic acids is 1. The normalized spacial score (nSPS) is 11.8. The Labute approximate surface area is 78.6 Å². The molecular formula is C8H14NO3P. The molecule has 1 atom stereocenters. The topological polar surface area (TPSA) is 80.4 Å². The summed E-state index contributed by atoms with van der Waals surface area (Å²) < 4.78 is 9.92. The molecule has 0 rings (SSSR count).